The van der Waals surface area contributed by atoms with E-state index in [1.54, 1.807) is 12.4 Å². The van der Waals surface area contributed by atoms with E-state index in [9.17, 15) is 0 Å². The van der Waals surface area contributed by atoms with Gasteiger partial charge < -0.3 is 5.32 Å². The van der Waals surface area contributed by atoms with E-state index in [4.69, 9.17) is 0 Å². The number of benzene rings is 1. The summed E-state index contributed by atoms with van der Waals surface area (Å²) < 4.78 is 0. The zero-order valence-corrected chi connectivity index (χ0v) is 8.64. The van der Waals surface area contributed by atoms with Crippen LogP contribution >= 0.6 is 0 Å². The summed E-state index contributed by atoms with van der Waals surface area (Å²) in [6.45, 7) is 0.885. The summed E-state index contributed by atoms with van der Waals surface area (Å²) >= 11 is 0. The summed E-state index contributed by atoms with van der Waals surface area (Å²) in [6.07, 6.45) is 3.51. The molecule has 1 N–H and O–H groups in total. The number of hydrogen-bond acceptors (Lipinski definition) is 3. The molecule has 15 heavy (non-hydrogen) atoms. The fourth-order valence-corrected chi connectivity index (χ4v) is 1.42. The molecule has 1 aromatic carbocycles. The molecule has 2 rings (SSSR count). The van der Waals surface area contributed by atoms with Gasteiger partial charge in [0, 0.05) is 24.5 Å². The predicted octanol–water partition coefficient (Wildman–Crippen LogP) is 1.86. The maximum absolute atomic E-state index is 4.20. The van der Waals surface area contributed by atoms with E-state index in [2.05, 4.69) is 27.4 Å². The number of nitrogens with zero attached hydrogens (tertiary/aromatic N) is 2. The molecule has 0 saturated carbocycles. The summed E-state index contributed by atoms with van der Waals surface area (Å²) in [5, 5.41) is 3.11. The molecule has 2 aromatic rings. The number of aromatic nitrogens is 2. The topological polar surface area (TPSA) is 37.8 Å². The Morgan fingerprint density at radius 2 is 1.73 bits per heavy atom. The SMILES string of the molecule is CNCc1ccc(-c2ncccn2)cc1. The Hall–Kier alpha value is -1.74. The molecule has 0 bridgehead atoms. The molecule has 0 amide bonds. The van der Waals surface area contributed by atoms with Gasteiger partial charge in [-0.2, -0.15) is 0 Å². The number of nitrogens with one attached hydrogen (secondary N) is 1. The van der Waals surface area contributed by atoms with Gasteiger partial charge >= 0.3 is 0 Å². The van der Waals surface area contributed by atoms with Crippen LogP contribution in [0.4, 0.5) is 0 Å². The third-order valence-electron chi connectivity index (χ3n) is 2.16. The summed E-state index contributed by atoms with van der Waals surface area (Å²) in [5.74, 6) is 0.772. The van der Waals surface area contributed by atoms with Crippen LogP contribution in [0.1, 0.15) is 5.56 Å². The summed E-state index contributed by atoms with van der Waals surface area (Å²) in [4.78, 5) is 8.40. The summed E-state index contributed by atoms with van der Waals surface area (Å²) in [5.41, 5.74) is 2.31. The Labute approximate surface area is 89.2 Å². The van der Waals surface area contributed by atoms with Crippen molar-refractivity contribution >= 4 is 0 Å². The van der Waals surface area contributed by atoms with Gasteiger partial charge in [-0.15, -0.1) is 0 Å². The molecular weight excluding hydrogens is 186 g/mol. The molecule has 0 aliphatic rings. The predicted molar refractivity (Wildman–Crippen MR) is 60.2 cm³/mol. The number of rotatable bonds is 3. The molecule has 0 aliphatic heterocycles. The van der Waals surface area contributed by atoms with E-state index in [0.717, 1.165) is 17.9 Å². The smallest absolute Gasteiger partial charge is 0.159 e. The summed E-state index contributed by atoms with van der Waals surface area (Å²) in [7, 11) is 1.94. The van der Waals surface area contributed by atoms with E-state index < -0.39 is 0 Å². The lowest BCUT2D eigenvalue weighted by Crippen LogP contribution is -2.04. The molecule has 0 atom stereocenters. The molecule has 0 unspecified atom stereocenters. The first-order valence-corrected chi connectivity index (χ1v) is 4.91. The Morgan fingerprint density at radius 1 is 1.07 bits per heavy atom. The second kappa shape index (κ2) is 4.66. The van der Waals surface area contributed by atoms with Crippen LogP contribution in [0.5, 0.6) is 0 Å². The van der Waals surface area contributed by atoms with Crippen molar-refractivity contribution in [2.75, 3.05) is 7.05 Å². The van der Waals surface area contributed by atoms with Gasteiger partial charge in [-0.1, -0.05) is 24.3 Å². The molecule has 3 heteroatoms. The van der Waals surface area contributed by atoms with E-state index in [1.807, 2.05) is 25.2 Å². The van der Waals surface area contributed by atoms with E-state index >= 15 is 0 Å². The van der Waals surface area contributed by atoms with E-state index in [0.29, 0.717) is 0 Å². The largest absolute Gasteiger partial charge is 0.316 e. The zero-order valence-electron chi connectivity index (χ0n) is 8.64. The van der Waals surface area contributed by atoms with E-state index in [-0.39, 0.29) is 0 Å². The minimum atomic E-state index is 0.772. The average Bonchev–Trinajstić information content (AvgIpc) is 2.32. The first kappa shape index (κ1) is 9.80. The Balaban J connectivity index is 2.24. The lowest BCUT2D eigenvalue weighted by Gasteiger charge is -2.02. The second-order valence-corrected chi connectivity index (χ2v) is 3.30. The van der Waals surface area contributed by atoms with Crippen LogP contribution in [0.25, 0.3) is 11.4 Å². The first-order valence-electron chi connectivity index (χ1n) is 4.91. The van der Waals surface area contributed by atoms with Crippen LogP contribution in [-0.2, 0) is 6.54 Å². The Morgan fingerprint density at radius 3 is 2.33 bits per heavy atom. The highest BCUT2D eigenvalue weighted by Gasteiger charge is 1.98. The maximum atomic E-state index is 4.20. The van der Waals surface area contributed by atoms with Crippen molar-refractivity contribution in [3.8, 4) is 11.4 Å². The second-order valence-electron chi connectivity index (χ2n) is 3.30. The van der Waals surface area contributed by atoms with Gasteiger partial charge in [-0.25, -0.2) is 9.97 Å². The van der Waals surface area contributed by atoms with Crippen LogP contribution in [-0.4, -0.2) is 17.0 Å². The normalized spacial score (nSPS) is 10.2. The minimum absolute atomic E-state index is 0.772. The molecule has 76 valence electrons. The van der Waals surface area contributed by atoms with Gasteiger partial charge in [0.1, 0.15) is 0 Å². The van der Waals surface area contributed by atoms with Crippen molar-refractivity contribution in [1.29, 1.82) is 0 Å². The molecule has 3 nitrogen and oxygen atoms in total. The Kier molecular flexibility index (Phi) is 3.05. The van der Waals surface area contributed by atoms with Crippen molar-refractivity contribution in [3.63, 3.8) is 0 Å². The fraction of sp³-hybridized carbons (Fsp3) is 0.167. The molecule has 0 radical (unpaired) electrons. The van der Waals surface area contributed by atoms with Gasteiger partial charge in [0.25, 0.3) is 0 Å². The first-order chi connectivity index (χ1) is 7.40. The third-order valence-corrected chi connectivity index (χ3v) is 2.16. The zero-order chi connectivity index (χ0) is 10.5. The van der Waals surface area contributed by atoms with Gasteiger partial charge in [0.2, 0.25) is 0 Å². The van der Waals surface area contributed by atoms with Gasteiger partial charge in [-0.3, -0.25) is 0 Å². The van der Waals surface area contributed by atoms with E-state index in [1.165, 1.54) is 5.56 Å². The third kappa shape index (κ3) is 2.39. The highest BCUT2D eigenvalue weighted by Crippen LogP contribution is 2.14. The lowest BCUT2D eigenvalue weighted by atomic mass is 10.1. The van der Waals surface area contributed by atoms with Gasteiger partial charge in [-0.05, 0) is 18.7 Å². The van der Waals surface area contributed by atoms with Crippen molar-refractivity contribution in [2.24, 2.45) is 0 Å². The minimum Gasteiger partial charge on any atom is -0.316 e. The molecule has 0 aliphatic carbocycles. The standard InChI is InChI=1S/C12H13N3/c1-13-9-10-3-5-11(6-4-10)12-14-7-2-8-15-12/h2-8,13H,9H2,1H3. The van der Waals surface area contributed by atoms with Gasteiger partial charge in [0.05, 0.1) is 0 Å². The van der Waals surface area contributed by atoms with Crippen LogP contribution < -0.4 is 5.32 Å². The molecule has 1 heterocycles. The highest BCUT2D eigenvalue weighted by atomic mass is 14.8. The lowest BCUT2D eigenvalue weighted by molar-refractivity contribution is 0.818. The molecule has 0 spiro atoms. The average molecular weight is 199 g/mol. The Bertz CT molecular complexity index is 409. The monoisotopic (exact) mass is 199 g/mol. The van der Waals surface area contributed by atoms with Crippen LogP contribution in [0.15, 0.2) is 42.7 Å². The molecule has 1 aromatic heterocycles. The van der Waals surface area contributed by atoms with Crippen LogP contribution in [0, 0.1) is 0 Å². The van der Waals surface area contributed by atoms with Crippen molar-refractivity contribution in [3.05, 3.63) is 48.3 Å². The maximum Gasteiger partial charge on any atom is 0.159 e. The van der Waals surface area contributed by atoms with Crippen molar-refractivity contribution in [2.45, 2.75) is 6.54 Å². The van der Waals surface area contributed by atoms with Crippen molar-refractivity contribution in [1.82, 2.24) is 15.3 Å². The van der Waals surface area contributed by atoms with Gasteiger partial charge in [0.15, 0.2) is 5.82 Å². The highest BCUT2D eigenvalue weighted by molar-refractivity contribution is 5.54. The quantitative estimate of drug-likeness (QED) is 0.820. The summed E-state index contributed by atoms with van der Waals surface area (Å²) in [6, 6.07) is 10.1. The fourth-order valence-electron chi connectivity index (χ4n) is 1.42. The number of hydrogen-bond donors (Lipinski definition) is 1. The molecule has 0 fully saturated rings. The van der Waals surface area contributed by atoms with Crippen LogP contribution in [0.3, 0.4) is 0 Å². The molecular formula is C12H13N3. The molecule has 0 saturated heterocycles. The van der Waals surface area contributed by atoms with Crippen molar-refractivity contribution < 1.29 is 0 Å². The van der Waals surface area contributed by atoms with Crippen LogP contribution in [0.2, 0.25) is 0 Å².